The van der Waals surface area contributed by atoms with E-state index in [-0.39, 0.29) is 24.8 Å². The minimum absolute atomic E-state index is 0.00695. The quantitative estimate of drug-likeness (QED) is 0.496. The number of hydrogen-bond acceptors (Lipinski definition) is 7. The van der Waals surface area contributed by atoms with Crippen molar-refractivity contribution in [2.24, 2.45) is 0 Å². The first-order valence-electron chi connectivity index (χ1n) is 11.4. The molecule has 9 nitrogen and oxygen atoms in total. The Bertz CT molecular complexity index is 978. The molecule has 0 aliphatic carbocycles. The topological polar surface area (TPSA) is 106 Å². The predicted molar refractivity (Wildman–Crippen MR) is 126 cm³/mol. The van der Waals surface area contributed by atoms with E-state index in [0.29, 0.717) is 43.0 Å². The average Bonchev–Trinajstić information content (AvgIpc) is 2.87. The lowest BCUT2D eigenvalue weighted by Gasteiger charge is -2.27. The molecule has 3 rings (SSSR count). The molecule has 1 heterocycles. The highest BCUT2D eigenvalue weighted by Gasteiger charge is 2.23. The number of methoxy groups -OCH3 is 1. The lowest BCUT2D eigenvalue weighted by atomic mass is 10.1. The standard InChI is InChI=1S/C25H30FN3O6/c1-33-24(31)22(10-11-29-12-14-34-15-13-29)28-25(32)35-17-19-4-8-21(9-5-19)27-23(30)16-18-2-6-20(26)7-3-18/h2-9,22H,10-17H2,1H3,(H,27,30)(H,28,32)/t22-/m0/s1. The molecule has 35 heavy (non-hydrogen) atoms. The second-order valence-corrected chi connectivity index (χ2v) is 8.09. The number of ether oxygens (including phenoxy) is 3. The van der Waals surface area contributed by atoms with E-state index >= 15 is 0 Å². The van der Waals surface area contributed by atoms with Crippen molar-refractivity contribution in [2.75, 3.05) is 45.3 Å². The molecule has 2 amide bonds. The average molecular weight is 488 g/mol. The first-order valence-corrected chi connectivity index (χ1v) is 11.4. The zero-order valence-electron chi connectivity index (χ0n) is 19.6. The summed E-state index contributed by atoms with van der Waals surface area (Å²) in [6.45, 7) is 3.47. The minimum atomic E-state index is -0.811. The third-order valence-electron chi connectivity index (χ3n) is 5.50. The molecular formula is C25H30FN3O6. The molecule has 0 unspecified atom stereocenters. The Kier molecular flexibility index (Phi) is 10.00. The first-order chi connectivity index (χ1) is 16.9. The summed E-state index contributed by atoms with van der Waals surface area (Å²) in [6.07, 6.45) is -0.203. The Labute approximate surface area is 203 Å². The fraction of sp³-hybridized carbons (Fsp3) is 0.400. The van der Waals surface area contributed by atoms with Crippen molar-refractivity contribution in [3.8, 4) is 0 Å². The number of carbonyl (C=O) groups excluding carboxylic acids is 3. The van der Waals surface area contributed by atoms with Gasteiger partial charge in [-0.05, 0) is 41.8 Å². The van der Waals surface area contributed by atoms with Crippen molar-refractivity contribution >= 4 is 23.7 Å². The highest BCUT2D eigenvalue weighted by molar-refractivity contribution is 5.92. The smallest absolute Gasteiger partial charge is 0.408 e. The van der Waals surface area contributed by atoms with E-state index in [0.717, 1.165) is 13.1 Å². The van der Waals surface area contributed by atoms with E-state index in [2.05, 4.69) is 15.5 Å². The molecular weight excluding hydrogens is 457 g/mol. The van der Waals surface area contributed by atoms with Gasteiger partial charge in [0.05, 0.1) is 26.7 Å². The Morgan fingerprint density at radius 3 is 2.34 bits per heavy atom. The number of esters is 1. The fourth-order valence-corrected chi connectivity index (χ4v) is 3.54. The molecule has 188 valence electrons. The van der Waals surface area contributed by atoms with Gasteiger partial charge in [-0.3, -0.25) is 9.69 Å². The molecule has 0 saturated carbocycles. The number of anilines is 1. The number of amides is 2. The van der Waals surface area contributed by atoms with Gasteiger partial charge in [0.2, 0.25) is 5.91 Å². The second kappa shape index (κ2) is 13.4. The van der Waals surface area contributed by atoms with Gasteiger partial charge in [0.1, 0.15) is 18.5 Å². The van der Waals surface area contributed by atoms with Crippen molar-refractivity contribution in [3.63, 3.8) is 0 Å². The van der Waals surface area contributed by atoms with Crippen molar-refractivity contribution in [2.45, 2.75) is 25.5 Å². The van der Waals surface area contributed by atoms with Gasteiger partial charge in [-0.2, -0.15) is 0 Å². The van der Waals surface area contributed by atoms with Gasteiger partial charge >= 0.3 is 12.1 Å². The molecule has 1 atom stereocenters. The largest absolute Gasteiger partial charge is 0.467 e. The zero-order valence-corrected chi connectivity index (χ0v) is 19.6. The molecule has 1 aliphatic rings. The number of morpholine rings is 1. The molecule has 2 aromatic carbocycles. The third kappa shape index (κ3) is 8.99. The fourth-order valence-electron chi connectivity index (χ4n) is 3.54. The number of alkyl carbamates (subject to hydrolysis) is 1. The summed E-state index contributed by atoms with van der Waals surface area (Å²) >= 11 is 0. The van der Waals surface area contributed by atoms with Crippen LogP contribution in [0, 0.1) is 5.82 Å². The van der Waals surface area contributed by atoms with Crippen LogP contribution in [0.3, 0.4) is 0 Å². The van der Waals surface area contributed by atoms with Crippen LogP contribution < -0.4 is 10.6 Å². The number of carbonyl (C=O) groups is 3. The van der Waals surface area contributed by atoms with E-state index in [1.54, 1.807) is 36.4 Å². The highest BCUT2D eigenvalue weighted by Crippen LogP contribution is 2.12. The summed E-state index contributed by atoms with van der Waals surface area (Å²) in [7, 11) is 1.27. The number of halogens is 1. The molecule has 1 aliphatic heterocycles. The van der Waals surface area contributed by atoms with Crippen molar-refractivity contribution in [3.05, 3.63) is 65.5 Å². The number of nitrogens with one attached hydrogen (secondary N) is 2. The molecule has 1 fully saturated rings. The van der Waals surface area contributed by atoms with Gasteiger partial charge in [-0.15, -0.1) is 0 Å². The van der Waals surface area contributed by atoms with Crippen molar-refractivity contribution in [1.82, 2.24) is 10.2 Å². The molecule has 0 aromatic heterocycles. The summed E-state index contributed by atoms with van der Waals surface area (Å²) < 4.78 is 28.3. The van der Waals surface area contributed by atoms with Crippen LogP contribution in [-0.4, -0.2) is 68.9 Å². The lowest BCUT2D eigenvalue weighted by molar-refractivity contribution is -0.143. The summed E-state index contributed by atoms with van der Waals surface area (Å²) in [5.41, 5.74) is 1.99. The monoisotopic (exact) mass is 487 g/mol. The Balaban J connectivity index is 1.42. The summed E-state index contributed by atoms with van der Waals surface area (Å²) in [5.74, 6) is -1.11. The molecule has 1 saturated heterocycles. The summed E-state index contributed by atoms with van der Waals surface area (Å²) in [4.78, 5) is 38.6. The molecule has 2 aromatic rings. The van der Waals surface area contributed by atoms with Gasteiger partial charge in [0.25, 0.3) is 0 Å². The third-order valence-corrected chi connectivity index (χ3v) is 5.50. The van der Waals surface area contributed by atoms with E-state index < -0.39 is 18.1 Å². The van der Waals surface area contributed by atoms with Crippen LogP contribution in [0.4, 0.5) is 14.9 Å². The Morgan fingerprint density at radius 2 is 1.69 bits per heavy atom. The van der Waals surface area contributed by atoms with Crippen molar-refractivity contribution in [1.29, 1.82) is 0 Å². The van der Waals surface area contributed by atoms with Gasteiger partial charge in [-0.1, -0.05) is 24.3 Å². The molecule has 0 bridgehead atoms. The van der Waals surface area contributed by atoms with E-state index in [4.69, 9.17) is 14.2 Å². The maximum absolute atomic E-state index is 13.0. The molecule has 10 heteroatoms. The van der Waals surface area contributed by atoms with Crippen LogP contribution in [0.15, 0.2) is 48.5 Å². The van der Waals surface area contributed by atoms with Crippen LogP contribution in [0.2, 0.25) is 0 Å². The molecule has 0 radical (unpaired) electrons. The number of hydrogen-bond donors (Lipinski definition) is 2. The van der Waals surface area contributed by atoms with Crippen LogP contribution in [0.25, 0.3) is 0 Å². The number of benzene rings is 2. The maximum atomic E-state index is 13.0. The van der Waals surface area contributed by atoms with Crippen LogP contribution in [0.5, 0.6) is 0 Å². The van der Waals surface area contributed by atoms with Gasteiger partial charge in [-0.25, -0.2) is 14.0 Å². The molecule has 2 N–H and O–H groups in total. The van der Waals surface area contributed by atoms with E-state index in [1.807, 2.05) is 0 Å². The lowest BCUT2D eigenvalue weighted by Crippen LogP contribution is -2.45. The summed E-state index contributed by atoms with van der Waals surface area (Å²) in [5, 5.41) is 5.33. The Hall–Kier alpha value is -3.50. The normalized spacial score (nSPS) is 14.6. The van der Waals surface area contributed by atoms with Gasteiger partial charge < -0.3 is 24.8 Å². The van der Waals surface area contributed by atoms with Crippen LogP contribution in [-0.2, 0) is 36.8 Å². The molecule has 0 spiro atoms. The van der Waals surface area contributed by atoms with Gasteiger partial charge in [0.15, 0.2) is 0 Å². The second-order valence-electron chi connectivity index (χ2n) is 8.09. The SMILES string of the molecule is COC(=O)[C@H](CCN1CCOCC1)NC(=O)OCc1ccc(NC(=O)Cc2ccc(F)cc2)cc1. The first kappa shape index (κ1) is 26.1. The highest BCUT2D eigenvalue weighted by atomic mass is 19.1. The predicted octanol–water partition coefficient (Wildman–Crippen LogP) is 2.50. The van der Waals surface area contributed by atoms with Crippen molar-refractivity contribution < 1.29 is 33.0 Å². The van der Waals surface area contributed by atoms with E-state index in [9.17, 15) is 18.8 Å². The number of nitrogens with zero attached hydrogens (tertiary/aromatic N) is 1. The summed E-state index contributed by atoms with van der Waals surface area (Å²) in [6, 6.07) is 11.8. The van der Waals surface area contributed by atoms with E-state index in [1.165, 1.54) is 19.2 Å². The van der Waals surface area contributed by atoms with Crippen LogP contribution in [0.1, 0.15) is 17.5 Å². The van der Waals surface area contributed by atoms with Crippen LogP contribution >= 0.6 is 0 Å². The Morgan fingerprint density at radius 1 is 1.03 bits per heavy atom. The zero-order chi connectivity index (χ0) is 25.0. The number of rotatable bonds is 10. The maximum Gasteiger partial charge on any atom is 0.408 e. The van der Waals surface area contributed by atoms with Gasteiger partial charge in [0, 0.05) is 25.3 Å². The minimum Gasteiger partial charge on any atom is -0.467 e.